The second-order valence-electron chi connectivity index (χ2n) is 6.84. The highest BCUT2D eigenvalue weighted by Crippen LogP contribution is 2.35. The van der Waals surface area contributed by atoms with Crippen molar-refractivity contribution in [3.8, 4) is 0 Å². The second-order valence-corrected chi connectivity index (χ2v) is 6.84. The summed E-state index contributed by atoms with van der Waals surface area (Å²) in [5, 5.41) is 0. The first kappa shape index (κ1) is 19.5. The Balaban J connectivity index is 1.77. The number of nitrogens with zero attached hydrogens (tertiary/aromatic N) is 1. The highest BCUT2D eigenvalue weighted by atomic mass is 19.1. The zero-order valence-corrected chi connectivity index (χ0v) is 15.6. The van der Waals surface area contributed by atoms with Crippen molar-refractivity contribution in [3.05, 3.63) is 71.5 Å². The molecule has 1 saturated heterocycles. The van der Waals surface area contributed by atoms with E-state index in [2.05, 4.69) is 10.9 Å². The average Bonchev–Trinajstić information content (AvgIpc) is 2.72. The van der Waals surface area contributed by atoms with E-state index >= 15 is 0 Å². The number of piperidine rings is 1. The van der Waals surface area contributed by atoms with Gasteiger partial charge in [0.25, 0.3) is 5.91 Å². The van der Waals surface area contributed by atoms with Crippen LogP contribution in [0.5, 0.6) is 0 Å². The number of carbonyl (C=O) groups is 3. The molecule has 0 bridgehead atoms. The fourth-order valence-electron chi connectivity index (χ4n) is 3.55. The third-order valence-corrected chi connectivity index (χ3v) is 5.23. The molecule has 0 radical (unpaired) electrons. The Morgan fingerprint density at radius 3 is 2.14 bits per heavy atom. The number of hydrogen-bond acceptors (Lipinski definition) is 3. The lowest BCUT2D eigenvalue weighted by molar-refractivity contribution is -0.135. The summed E-state index contributed by atoms with van der Waals surface area (Å²) in [6.07, 6.45) is 0.857. The van der Waals surface area contributed by atoms with Crippen LogP contribution in [0.3, 0.4) is 0 Å². The van der Waals surface area contributed by atoms with Crippen molar-refractivity contribution in [3.63, 3.8) is 0 Å². The van der Waals surface area contributed by atoms with E-state index < -0.39 is 17.1 Å². The fraction of sp³-hybridized carbons (Fsp3) is 0.286. The van der Waals surface area contributed by atoms with Crippen LogP contribution in [0.1, 0.15) is 35.7 Å². The molecule has 0 aromatic heterocycles. The summed E-state index contributed by atoms with van der Waals surface area (Å²) in [5.74, 6) is -1.81. The number of rotatable bonds is 3. The van der Waals surface area contributed by atoms with E-state index in [0.29, 0.717) is 25.9 Å². The highest BCUT2D eigenvalue weighted by Gasteiger charge is 2.43. The molecule has 146 valence electrons. The molecule has 1 fully saturated rings. The van der Waals surface area contributed by atoms with Crippen LogP contribution < -0.4 is 10.9 Å². The van der Waals surface area contributed by atoms with E-state index in [1.54, 1.807) is 11.0 Å². The number of hydrogen-bond donors (Lipinski definition) is 2. The summed E-state index contributed by atoms with van der Waals surface area (Å²) in [5.41, 5.74) is 4.55. The number of amides is 3. The first-order valence-corrected chi connectivity index (χ1v) is 9.10. The third kappa shape index (κ3) is 3.88. The fourth-order valence-corrected chi connectivity index (χ4v) is 3.55. The summed E-state index contributed by atoms with van der Waals surface area (Å²) >= 11 is 0. The summed E-state index contributed by atoms with van der Waals surface area (Å²) < 4.78 is 13.8. The van der Waals surface area contributed by atoms with Gasteiger partial charge in [-0.05, 0) is 30.5 Å². The summed E-state index contributed by atoms with van der Waals surface area (Å²) in [6.45, 7) is 2.39. The standard InChI is InChI=1S/C21H22FN3O3/c1-15(26)25-13-11-21(12-14-25,16-7-3-2-4-8-16)20(28)24-23-19(27)17-9-5-6-10-18(17)22/h2-10H,11-14H2,1H3,(H,23,27)(H,24,28). The highest BCUT2D eigenvalue weighted by molar-refractivity contribution is 5.97. The Kier molecular flexibility index (Phi) is 5.73. The largest absolute Gasteiger partial charge is 0.343 e. The Bertz CT molecular complexity index is 877. The molecule has 2 aromatic rings. The third-order valence-electron chi connectivity index (χ3n) is 5.23. The molecule has 7 heteroatoms. The summed E-state index contributed by atoms with van der Waals surface area (Å²) in [7, 11) is 0. The molecule has 2 N–H and O–H groups in total. The van der Waals surface area contributed by atoms with Crippen LogP contribution in [0.25, 0.3) is 0 Å². The maximum absolute atomic E-state index is 13.8. The lowest BCUT2D eigenvalue weighted by Gasteiger charge is -2.40. The van der Waals surface area contributed by atoms with Gasteiger partial charge in [-0.2, -0.15) is 0 Å². The van der Waals surface area contributed by atoms with Crippen molar-refractivity contribution in [2.24, 2.45) is 0 Å². The van der Waals surface area contributed by atoms with Crippen LogP contribution in [-0.2, 0) is 15.0 Å². The van der Waals surface area contributed by atoms with Gasteiger partial charge in [-0.1, -0.05) is 42.5 Å². The van der Waals surface area contributed by atoms with E-state index in [9.17, 15) is 18.8 Å². The molecule has 6 nitrogen and oxygen atoms in total. The van der Waals surface area contributed by atoms with Crippen LogP contribution in [0, 0.1) is 5.82 Å². The van der Waals surface area contributed by atoms with Gasteiger partial charge in [-0.15, -0.1) is 0 Å². The quantitative estimate of drug-likeness (QED) is 0.798. The smallest absolute Gasteiger partial charge is 0.272 e. The lowest BCUT2D eigenvalue weighted by Crippen LogP contribution is -2.56. The zero-order valence-electron chi connectivity index (χ0n) is 15.6. The maximum Gasteiger partial charge on any atom is 0.272 e. The van der Waals surface area contributed by atoms with Gasteiger partial charge in [0.1, 0.15) is 5.82 Å². The molecule has 0 unspecified atom stereocenters. The minimum atomic E-state index is -0.879. The Hall–Kier alpha value is -3.22. The monoisotopic (exact) mass is 383 g/mol. The number of hydrazine groups is 1. The topological polar surface area (TPSA) is 78.5 Å². The van der Waals surface area contributed by atoms with Gasteiger partial charge in [0.2, 0.25) is 11.8 Å². The van der Waals surface area contributed by atoms with E-state index in [1.165, 1.54) is 25.1 Å². The Morgan fingerprint density at radius 2 is 1.54 bits per heavy atom. The van der Waals surface area contributed by atoms with Crippen LogP contribution >= 0.6 is 0 Å². The summed E-state index contributed by atoms with van der Waals surface area (Å²) in [6, 6.07) is 14.8. The van der Waals surface area contributed by atoms with Crippen molar-refractivity contribution in [1.29, 1.82) is 0 Å². The lowest BCUT2D eigenvalue weighted by atomic mass is 9.72. The van der Waals surface area contributed by atoms with Crippen LogP contribution in [-0.4, -0.2) is 35.7 Å². The minimum absolute atomic E-state index is 0.0325. The Morgan fingerprint density at radius 1 is 0.929 bits per heavy atom. The Labute approximate surface area is 162 Å². The predicted molar refractivity (Wildman–Crippen MR) is 102 cm³/mol. The zero-order chi connectivity index (χ0) is 20.1. The van der Waals surface area contributed by atoms with Crippen molar-refractivity contribution >= 4 is 17.7 Å². The predicted octanol–water partition coefficient (Wildman–Crippen LogP) is 2.17. The van der Waals surface area contributed by atoms with E-state index in [-0.39, 0.29) is 17.4 Å². The average molecular weight is 383 g/mol. The minimum Gasteiger partial charge on any atom is -0.343 e. The SMILES string of the molecule is CC(=O)N1CCC(C(=O)NNC(=O)c2ccccc2F)(c2ccccc2)CC1. The van der Waals surface area contributed by atoms with Crippen LogP contribution in [0.4, 0.5) is 4.39 Å². The molecule has 1 aliphatic rings. The van der Waals surface area contributed by atoms with Crippen molar-refractivity contribution < 1.29 is 18.8 Å². The van der Waals surface area contributed by atoms with Crippen LogP contribution in [0.2, 0.25) is 0 Å². The molecule has 3 amide bonds. The number of nitrogens with one attached hydrogen (secondary N) is 2. The van der Waals surface area contributed by atoms with E-state index in [4.69, 9.17) is 0 Å². The molecule has 1 heterocycles. The first-order valence-electron chi connectivity index (χ1n) is 9.10. The first-order chi connectivity index (χ1) is 13.4. The van der Waals surface area contributed by atoms with Gasteiger partial charge < -0.3 is 4.90 Å². The van der Waals surface area contributed by atoms with Gasteiger partial charge in [-0.25, -0.2) is 4.39 Å². The molecule has 0 aliphatic carbocycles. The molecular formula is C21H22FN3O3. The van der Waals surface area contributed by atoms with Gasteiger partial charge >= 0.3 is 0 Å². The van der Waals surface area contributed by atoms with Gasteiger partial charge in [0.15, 0.2) is 0 Å². The molecular weight excluding hydrogens is 361 g/mol. The molecule has 1 aliphatic heterocycles. The normalized spacial score (nSPS) is 15.6. The van der Waals surface area contributed by atoms with Gasteiger partial charge in [0, 0.05) is 20.0 Å². The molecule has 2 aromatic carbocycles. The molecule has 0 saturated carbocycles. The number of benzene rings is 2. The second kappa shape index (κ2) is 8.21. The van der Waals surface area contributed by atoms with Crippen molar-refractivity contribution in [1.82, 2.24) is 15.8 Å². The molecule has 0 spiro atoms. The number of halogens is 1. The van der Waals surface area contributed by atoms with Crippen LogP contribution in [0.15, 0.2) is 54.6 Å². The van der Waals surface area contributed by atoms with Crippen molar-refractivity contribution in [2.75, 3.05) is 13.1 Å². The number of likely N-dealkylation sites (tertiary alicyclic amines) is 1. The molecule has 0 atom stereocenters. The maximum atomic E-state index is 13.8. The van der Waals surface area contributed by atoms with Gasteiger partial charge in [0.05, 0.1) is 11.0 Å². The molecule has 28 heavy (non-hydrogen) atoms. The number of carbonyl (C=O) groups excluding carboxylic acids is 3. The van der Waals surface area contributed by atoms with Crippen molar-refractivity contribution in [2.45, 2.75) is 25.2 Å². The summed E-state index contributed by atoms with van der Waals surface area (Å²) in [4.78, 5) is 38.7. The van der Waals surface area contributed by atoms with Gasteiger partial charge in [-0.3, -0.25) is 25.2 Å². The van der Waals surface area contributed by atoms with E-state index in [1.807, 2.05) is 30.3 Å². The molecule has 3 rings (SSSR count). The van der Waals surface area contributed by atoms with E-state index in [0.717, 1.165) is 5.56 Å².